The third-order valence-corrected chi connectivity index (χ3v) is 4.27. The summed E-state index contributed by atoms with van der Waals surface area (Å²) < 4.78 is 10.4. The number of hydrazone groups is 1. The van der Waals surface area contributed by atoms with Crippen LogP contribution in [0.2, 0.25) is 0 Å². The molecule has 0 aliphatic heterocycles. The molecule has 0 spiro atoms. The van der Waals surface area contributed by atoms with Crippen molar-refractivity contribution in [2.75, 3.05) is 19.0 Å². The predicted octanol–water partition coefficient (Wildman–Crippen LogP) is 2.27. The maximum Gasteiger partial charge on any atom is 0.259 e. The molecular formula is C22H20N3O5-. The van der Waals surface area contributed by atoms with E-state index in [9.17, 15) is 14.7 Å². The fourth-order valence-electron chi connectivity index (χ4n) is 2.64. The van der Waals surface area contributed by atoms with E-state index in [4.69, 9.17) is 9.15 Å². The zero-order valence-corrected chi connectivity index (χ0v) is 16.5. The van der Waals surface area contributed by atoms with Crippen molar-refractivity contribution in [1.82, 2.24) is 5.43 Å². The molecule has 0 fully saturated rings. The number of hydrogen-bond donors (Lipinski definition) is 2. The van der Waals surface area contributed by atoms with Crippen molar-refractivity contribution in [2.24, 2.45) is 5.10 Å². The second-order valence-corrected chi connectivity index (χ2v) is 6.35. The summed E-state index contributed by atoms with van der Waals surface area (Å²) in [6.45, 7) is 1.83. The van der Waals surface area contributed by atoms with Crippen molar-refractivity contribution in [2.45, 2.75) is 6.92 Å². The number of benzene rings is 2. The molecule has 1 heterocycles. The van der Waals surface area contributed by atoms with E-state index in [1.165, 1.54) is 6.07 Å². The third kappa shape index (κ3) is 5.26. The highest BCUT2D eigenvalue weighted by Crippen LogP contribution is 2.22. The first-order valence-corrected chi connectivity index (χ1v) is 9.09. The van der Waals surface area contributed by atoms with Gasteiger partial charge in [-0.05, 0) is 36.8 Å². The number of carbonyl (C=O) groups is 2. The molecule has 1 amide bonds. The topological polar surface area (TPSA) is 116 Å². The van der Waals surface area contributed by atoms with Crippen molar-refractivity contribution >= 4 is 23.3 Å². The molecule has 0 aliphatic carbocycles. The summed E-state index contributed by atoms with van der Waals surface area (Å²) in [4.78, 5) is 22.8. The Morgan fingerprint density at radius 1 is 1.10 bits per heavy atom. The minimum atomic E-state index is -1.36. The predicted molar refractivity (Wildman–Crippen MR) is 110 cm³/mol. The number of methoxy groups -OCH3 is 1. The molecular weight excluding hydrogens is 386 g/mol. The highest BCUT2D eigenvalue weighted by molar-refractivity contribution is 5.99. The van der Waals surface area contributed by atoms with Gasteiger partial charge < -0.3 is 24.4 Å². The lowest BCUT2D eigenvalue weighted by atomic mass is 10.1. The Hall–Kier alpha value is -4.07. The maximum absolute atomic E-state index is 12.0. The van der Waals surface area contributed by atoms with Crippen molar-refractivity contribution in [1.29, 1.82) is 0 Å². The average Bonchev–Trinajstić information content (AvgIpc) is 3.27. The molecule has 0 atom stereocenters. The molecule has 0 aliphatic rings. The van der Waals surface area contributed by atoms with Gasteiger partial charge in [0.05, 0.1) is 19.4 Å². The standard InChI is InChI=1S/C22H21N3O5/c1-14(24-25-21(26)13-23-17-4-3-5-18(12-17)29-2)15-6-8-16(9-7-15)19-10-11-20(30-19)22(27)28/h3-12,23H,13H2,1-2H3,(H,25,26)(H,27,28)/p-1/b24-14-. The third-order valence-electron chi connectivity index (χ3n) is 4.27. The Bertz CT molecular complexity index is 1070. The van der Waals surface area contributed by atoms with Gasteiger partial charge in [0.15, 0.2) is 0 Å². The largest absolute Gasteiger partial charge is 0.542 e. The Balaban J connectivity index is 1.56. The van der Waals surface area contributed by atoms with Crippen molar-refractivity contribution in [3.05, 3.63) is 72.0 Å². The van der Waals surface area contributed by atoms with Crippen LogP contribution in [0, 0.1) is 0 Å². The molecule has 0 unspecified atom stereocenters. The summed E-state index contributed by atoms with van der Waals surface area (Å²) >= 11 is 0. The van der Waals surface area contributed by atoms with Crippen LogP contribution in [-0.2, 0) is 4.79 Å². The molecule has 3 aromatic rings. The van der Waals surface area contributed by atoms with Crippen molar-refractivity contribution in [3.8, 4) is 17.1 Å². The highest BCUT2D eigenvalue weighted by atomic mass is 16.5. The van der Waals surface area contributed by atoms with Crippen LogP contribution in [0.3, 0.4) is 0 Å². The Morgan fingerprint density at radius 3 is 2.53 bits per heavy atom. The first-order valence-electron chi connectivity index (χ1n) is 9.09. The maximum atomic E-state index is 12.0. The Labute approximate surface area is 173 Å². The van der Waals surface area contributed by atoms with E-state index in [0.29, 0.717) is 22.8 Å². The lowest BCUT2D eigenvalue weighted by molar-refractivity contribution is -0.257. The minimum Gasteiger partial charge on any atom is -0.542 e. The molecule has 1 aromatic heterocycles. The van der Waals surface area contributed by atoms with E-state index in [2.05, 4.69) is 15.8 Å². The van der Waals surface area contributed by atoms with Gasteiger partial charge in [0.1, 0.15) is 23.2 Å². The smallest absolute Gasteiger partial charge is 0.259 e. The molecule has 2 aromatic carbocycles. The van der Waals surface area contributed by atoms with Gasteiger partial charge >= 0.3 is 0 Å². The first kappa shape index (κ1) is 20.7. The van der Waals surface area contributed by atoms with E-state index < -0.39 is 5.97 Å². The number of carbonyl (C=O) groups excluding carboxylic acids is 2. The number of carboxylic acids is 1. The number of furan rings is 1. The van der Waals surface area contributed by atoms with E-state index in [0.717, 1.165) is 11.3 Å². The molecule has 0 radical (unpaired) electrons. The Kier molecular flexibility index (Phi) is 6.49. The van der Waals surface area contributed by atoms with Crippen molar-refractivity contribution < 1.29 is 23.8 Å². The van der Waals surface area contributed by atoms with Crippen LogP contribution < -0.4 is 20.6 Å². The highest BCUT2D eigenvalue weighted by Gasteiger charge is 2.07. The fourth-order valence-corrected chi connectivity index (χ4v) is 2.64. The number of hydrogen-bond acceptors (Lipinski definition) is 7. The molecule has 0 saturated carbocycles. The van der Waals surface area contributed by atoms with Crippen LogP contribution in [0.15, 0.2) is 70.2 Å². The van der Waals surface area contributed by atoms with Gasteiger partial charge in [0.25, 0.3) is 5.91 Å². The molecule has 30 heavy (non-hydrogen) atoms. The fraction of sp³-hybridized carbons (Fsp3) is 0.136. The molecule has 154 valence electrons. The summed E-state index contributed by atoms with van der Waals surface area (Å²) in [7, 11) is 1.58. The van der Waals surface area contributed by atoms with Gasteiger partial charge in [-0.25, -0.2) is 5.43 Å². The average molecular weight is 406 g/mol. The van der Waals surface area contributed by atoms with E-state index in [-0.39, 0.29) is 18.2 Å². The van der Waals surface area contributed by atoms with Gasteiger partial charge in [0, 0.05) is 17.3 Å². The molecule has 0 saturated heterocycles. The number of nitrogens with zero attached hydrogens (tertiary/aromatic N) is 1. The number of amides is 1. The molecule has 0 bridgehead atoms. The first-order chi connectivity index (χ1) is 14.5. The summed E-state index contributed by atoms with van der Waals surface area (Å²) in [5.41, 5.74) is 5.40. The van der Waals surface area contributed by atoms with Crippen LogP contribution in [0.25, 0.3) is 11.3 Å². The van der Waals surface area contributed by atoms with E-state index >= 15 is 0 Å². The van der Waals surface area contributed by atoms with Gasteiger partial charge in [0.2, 0.25) is 0 Å². The second-order valence-electron chi connectivity index (χ2n) is 6.35. The normalized spacial score (nSPS) is 11.1. The zero-order chi connectivity index (χ0) is 21.5. The second kappa shape index (κ2) is 9.42. The van der Waals surface area contributed by atoms with Crippen LogP contribution >= 0.6 is 0 Å². The van der Waals surface area contributed by atoms with Crippen LogP contribution in [0.4, 0.5) is 5.69 Å². The lowest BCUT2D eigenvalue weighted by Gasteiger charge is -2.08. The monoisotopic (exact) mass is 406 g/mol. The van der Waals surface area contributed by atoms with Crippen molar-refractivity contribution in [3.63, 3.8) is 0 Å². The van der Waals surface area contributed by atoms with Gasteiger partial charge in [-0.2, -0.15) is 5.10 Å². The quantitative estimate of drug-likeness (QED) is 0.438. The minimum absolute atomic E-state index is 0.0577. The number of carboxylic acid groups (broad SMARTS) is 1. The summed E-state index contributed by atoms with van der Waals surface area (Å²) in [6, 6.07) is 17.3. The van der Waals surface area contributed by atoms with Crippen LogP contribution in [-0.4, -0.2) is 31.2 Å². The summed E-state index contributed by atoms with van der Waals surface area (Å²) in [5, 5.41) is 17.9. The van der Waals surface area contributed by atoms with E-state index in [1.807, 2.05) is 18.2 Å². The van der Waals surface area contributed by atoms with Gasteiger partial charge in [-0.3, -0.25) is 4.79 Å². The zero-order valence-electron chi connectivity index (χ0n) is 16.5. The molecule has 8 nitrogen and oxygen atoms in total. The summed E-state index contributed by atoms with van der Waals surface area (Å²) in [5.74, 6) is -0.760. The number of rotatable bonds is 8. The number of ether oxygens (including phenoxy) is 1. The van der Waals surface area contributed by atoms with Gasteiger partial charge in [-0.15, -0.1) is 0 Å². The van der Waals surface area contributed by atoms with Gasteiger partial charge in [-0.1, -0.05) is 30.3 Å². The van der Waals surface area contributed by atoms with Crippen LogP contribution in [0.5, 0.6) is 5.75 Å². The SMILES string of the molecule is COc1cccc(NCC(=O)N/N=C(/C)c2ccc(-c3ccc(C(=O)[O-])o3)cc2)c1. The molecule has 2 N–H and O–H groups in total. The molecule has 8 heteroatoms. The summed E-state index contributed by atoms with van der Waals surface area (Å²) in [6.07, 6.45) is 0. The number of nitrogens with one attached hydrogen (secondary N) is 2. The Morgan fingerprint density at radius 2 is 1.87 bits per heavy atom. The number of anilines is 1. The molecule has 3 rings (SSSR count). The van der Waals surface area contributed by atoms with Crippen LogP contribution in [0.1, 0.15) is 23.0 Å². The van der Waals surface area contributed by atoms with E-state index in [1.54, 1.807) is 50.4 Å². The lowest BCUT2D eigenvalue weighted by Crippen LogP contribution is -2.26. The number of aromatic carboxylic acids is 1.